The highest BCUT2D eigenvalue weighted by Gasteiger charge is 2.19. The molecular formula is C9H13NS. The summed E-state index contributed by atoms with van der Waals surface area (Å²) in [5.41, 5.74) is 6.86. The molecule has 2 heteroatoms. The highest BCUT2D eigenvalue weighted by atomic mass is 32.1. The maximum atomic E-state index is 5.97. The molecule has 0 aliphatic carbocycles. The van der Waals surface area contributed by atoms with Crippen molar-refractivity contribution in [2.24, 2.45) is 5.73 Å². The SMILES string of the molecule is C=C[C@](C)(N)c1sccc1C. The zero-order valence-corrected chi connectivity index (χ0v) is 7.74. The third kappa shape index (κ3) is 1.52. The number of rotatable bonds is 2. The van der Waals surface area contributed by atoms with Crippen LogP contribution in [0.1, 0.15) is 17.4 Å². The highest BCUT2D eigenvalue weighted by molar-refractivity contribution is 7.10. The molecule has 1 heterocycles. The molecule has 0 aromatic carbocycles. The number of hydrogen-bond acceptors (Lipinski definition) is 2. The van der Waals surface area contributed by atoms with Crippen LogP contribution >= 0.6 is 11.3 Å². The molecule has 1 rings (SSSR count). The van der Waals surface area contributed by atoms with Crippen molar-refractivity contribution >= 4 is 11.3 Å². The van der Waals surface area contributed by atoms with E-state index in [0.29, 0.717) is 0 Å². The first-order valence-electron chi connectivity index (χ1n) is 3.55. The number of nitrogens with two attached hydrogens (primary N) is 1. The molecule has 0 fully saturated rings. The van der Waals surface area contributed by atoms with E-state index in [2.05, 4.69) is 24.9 Å². The van der Waals surface area contributed by atoms with E-state index in [4.69, 9.17) is 5.73 Å². The van der Waals surface area contributed by atoms with Crippen LogP contribution in [-0.4, -0.2) is 0 Å². The maximum Gasteiger partial charge on any atom is 0.0660 e. The monoisotopic (exact) mass is 167 g/mol. The second kappa shape index (κ2) is 2.80. The number of aryl methyl sites for hydroxylation is 1. The van der Waals surface area contributed by atoms with Crippen LogP contribution in [0, 0.1) is 6.92 Å². The van der Waals surface area contributed by atoms with Crippen molar-refractivity contribution in [3.63, 3.8) is 0 Å². The minimum absolute atomic E-state index is 0.363. The Balaban J connectivity index is 3.10. The van der Waals surface area contributed by atoms with Gasteiger partial charge < -0.3 is 5.73 Å². The van der Waals surface area contributed by atoms with Crippen LogP contribution in [0.3, 0.4) is 0 Å². The molecule has 1 nitrogen and oxygen atoms in total. The lowest BCUT2D eigenvalue weighted by molar-refractivity contribution is 0.642. The normalized spacial score (nSPS) is 15.9. The fraction of sp³-hybridized carbons (Fsp3) is 0.333. The molecule has 0 aliphatic rings. The fourth-order valence-electron chi connectivity index (χ4n) is 1.02. The fourth-order valence-corrected chi connectivity index (χ4v) is 2.02. The minimum atomic E-state index is -0.363. The van der Waals surface area contributed by atoms with E-state index in [9.17, 15) is 0 Å². The van der Waals surface area contributed by atoms with Gasteiger partial charge in [-0.15, -0.1) is 17.9 Å². The summed E-state index contributed by atoms with van der Waals surface area (Å²) in [4.78, 5) is 1.20. The van der Waals surface area contributed by atoms with Crippen LogP contribution in [0.15, 0.2) is 24.1 Å². The molecule has 0 saturated carbocycles. The zero-order chi connectivity index (χ0) is 8.48. The molecule has 60 valence electrons. The molecule has 2 N–H and O–H groups in total. The predicted octanol–water partition coefficient (Wildman–Crippen LogP) is 2.42. The van der Waals surface area contributed by atoms with Gasteiger partial charge in [0, 0.05) is 4.88 Å². The van der Waals surface area contributed by atoms with Crippen LogP contribution in [0.4, 0.5) is 0 Å². The van der Waals surface area contributed by atoms with Crippen molar-refractivity contribution in [1.82, 2.24) is 0 Å². The molecule has 1 atom stereocenters. The van der Waals surface area contributed by atoms with Crippen LogP contribution in [-0.2, 0) is 5.54 Å². The summed E-state index contributed by atoms with van der Waals surface area (Å²) >= 11 is 1.68. The van der Waals surface area contributed by atoms with E-state index < -0.39 is 0 Å². The van der Waals surface area contributed by atoms with Crippen molar-refractivity contribution in [1.29, 1.82) is 0 Å². The number of thiophene rings is 1. The summed E-state index contributed by atoms with van der Waals surface area (Å²) in [5.74, 6) is 0. The summed E-state index contributed by atoms with van der Waals surface area (Å²) in [6.45, 7) is 7.75. The van der Waals surface area contributed by atoms with Gasteiger partial charge in [-0.25, -0.2) is 0 Å². The van der Waals surface area contributed by atoms with Crippen molar-refractivity contribution in [2.75, 3.05) is 0 Å². The van der Waals surface area contributed by atoms with Gasteiger partial charge in [0.2, 0.25) is 0 Å². The lowest BCUT2D eigenvalue weighted by atomic mass is 9.99. The zero-order valence-electron chi connectivity index (χ0n) is 6.92. The quantitative estimate of drug-likeness (QED) is 0.673. The Labute approximate surface area is 71.5 Å². The van der Waals surface area contributed by atoms with Crippen LogP contribution in [0.5, 0.6) is 0 Å². The highest BCUT2D eigenvalue weighted by Crippen LogP contribution is 2.27. The van der Waals surface area contributed by atoms with Gasteiger partial charge in [0.25, 0.3) is 0 Å². The van der Waals surface area contributed by atoms with Crippen LogP contribution in [0.25, 0.3) is 0 Å². The Hall–Kier alpha value is -0.600. The third-order valence-corrected chi connectivity index (χ3v) is 3.05. The molecule has 1 aromatic heterocycles. The third-order valence-electron chi connectivity index (χ3n) is 1.78. The Morgan fingerprint density at radius 2 is 2.36 bits per heavy atom. The van der Waals surface area contributed by atoms with Crippen LogP contribution in [0.2, 0.25) is 0 Å². The van der Waals surface area contributed by atoms with Crippen molar-refractivity contribution < 1.29 is 0 Å². The van der Waals surface area contributed by atoms with Crippen LogP contribution < -0.4 is 5.73 Å². The van der Waals surface area contributed by atoms with Gasteiger partial charge in [-0.1, -0.05) is 6.08 Å². The molecule has 1 aromatic rings. The molecule has 0 unspecified atom stereocenters. The van der Waals surface area contributed by atoms with E-state index in [-0.39, 0.29) is 5.54 Å². The summed E-state index contributed by atoms with van der Waals surface area (Å²) in [6, 6.07) is 2.08. The Kier molecular flexibility index (Phi) is 2.16. The largest absolute Gasteiger partial charge is 0.318 e. The van der Waals surface area contributed by atoms with Gasteiger partial charge in [0.15, 0.2) is 0 Å². The van der Waals surface area contributed by atoms with Crippen molar-refractivity contribution in [2.45, 2.75) is 19.4 Å². The van der Waals surface area contributed by atoms with Gasteiger partial charge in [0.1, 0.15) is 0 Å². The van der Waals surface area contributed by atoms with Gasteiger partial charge in [-0.3, -0.25) is 0 Å². The first-order valence-corrected chi connectivity index (χ1v) is 4.43. The second-order valence-electron chi connectivity index (χ2n) is 2.92. The van der Waals surface area contributed by atoms with E-state index >= 15 is 0 Å². The Morgan fingerprint density at radius 3 is 2.73 bits per heavy atom. The molecule has 0 spiro atoms. The van der Waals surface area contributed by atoms with E-state index in [1.54, 1.807) is 17.4 Å². The average Bonchev–Trinajstić information content (AvgIpc) is 2.36. The average molecular weight is 167 g/mol. The predicted molar refractivity (Wildman–Crippen MR) is 50.8 cm³/mol. The number of hydrogen-bond donors (Lipinski definition) is 1. The molecule has 11 heavy (non-hydrogen) atoms. The van der Waals surface area contributed by atoms with Gasteiger partial charge in [0.05, 0.1) is 5.54 Å². The van der Waals surface area contributed by atoms with E-state index in [1.165, 1.54) is 10.4 Å². The molecule has 0 radical (unpaired) electrons. The molecule has 0 saturated heterocycles. The summed E-state index contributed by atoms with van der Waals surface area (Å²) < 4.78 is 0. The van der Waals surface area contributed by atoms with Gasteiger partial charge >= 0.3 is 0 Å². The minimum Gasteiger partial charge on any atom is -0.318 e. The first-order chi connectivity index (χ1) is 5.08. The van der Waals surface area contributed by atoms with Crippen molar-refractivity contribution in [3.05, 3.63) is 34.5 Å². The summed E-state index contributed by atoms with van der Waals surface area (Å²) in [5, 5.41) is 2.05. The van der Waals surface area contributed by atoms with E-state index in [0.717, 1.165) is 0 Å². The molecule has 0 amide bonds. The Morgan fingerprint density at radius 1 is 1.73 bits per heavy atom. The van der Waals surface area contributed by atoms with Gasteiger partial charge in [-0.2, -0.15) is 0 Å². The smallest absolute Gasteiger partial charge is 0.0660 e. The topological polar surface area (TPSA) is 26.0 Å². The van der Waals surface area contributed by atoms with Gasteiger partial charge in [-0.05, 0) is 30.9 Å². The summed E-state index contributed by atoms with van der Waals surface area (Å²) in [7, 11) is 0. The van der Waals surface area contributed by atoms with Crippen molar-refractivity contribution in [3.8, 4) is 0 Å². The lowest BCUT2D eigenvalue weighted by Crippen LogP contribution is -2.29. The molecule has 0 aliphatic heterocycles. The first kappa shape index (κ1) is 8.50. The second-order valence-corrected chi connectivity index (χ2v) is 3.84. The van der Waals surface area contributed by atoms with E-state index in [1.807, 2.05) is 6.92 Å². The molecule has 0 bridgehead atoms. The standard InChI is InChI=1S/C9H13NS/c1-4-9(3,10)8-7(2)5-6-11-8/h4-6H,1,10H2,2-3H3/t9-/m0/s1. The lowest BCUT2D eigenvalue weighted by Gasteiger charge is -2.18. The summed E-state index contributed by atoms with van der Waals surface area (Å²) in [6.07, 6.45) is 1.78. The molecular weight excluding hydrogens is 154 g/mol. The maximum absolute atomic E-state index is 5.97. The Bertz CT molecular complexity index is 260.